The molecule has 1 aliphatic rings. The van der Waals surface area contributed by atoms with Gasteiger partial charge in [0.2, 0.25) is 10.0 Å². The van der Waals surface area contributed by atoms with Gasteiger partial charge in [-0.25, -0.2) is 17.7 Å². The fourth-order valence-electron chi connectivity index (χ4n) is 2.67. The Hall–Kier alpha value is -1.18. The van der Waals surface area contributed by atoms with Crippen LogP contribution in [0.5, 0.6) is 5.19 Å². The average Bonchev–Trinajstić information content (AvgIpc) is 2.92. The summed E-state index contributed by atoms with van der Waals surface area (Å²) in [4.78, 5) is 4.55. The highest BCUT2D eigenvalue weighted by Gasteiger charge is 2.28. The summed E-state index contributed by atoms with van der Waals surface area (Å²) in [5.74, 6) is 0.162. The Kier molecular flexibility index (Phi) is 4.38. The van der Waals surface area contributed by atoms with Crippen molar-refractivity contribution in [2.24, 2.45) is 0 Å². The van der Waals surface area contributed by atoms with Crippen LogP contribution < -0.4 is 4.74 Å². The van der Waals surface area contributed by atoms with Crippen LogP contribution in [0.2, 0.25) is 0 Å². The number of aromatic nitrogens is 1. The summed E-state index contributed by atoms with van der Waals surface area (Å²) in [6, 6.07) is 6.11. The molecule has 1 saturated heterocycles. The van der Waals surface area contributed by atoms with Crippen molar-refractivity contribution in [1.82, 2.24) is 9.29 Å². The van der Waals surface area contributed by atoms with Gasteiger partial charge in [-0.3, -0.25) is 0 Å². The van der Waals surface area contributed by atoms with Gasteiger partial charge in [0.25, 0.3) is 5.19 Å². The third-order valence-corrected chi connectivity index (χ3v) is 6.82. The molecule has 0 N–H and O–H groups in total. The van der Waals surface area contributed by atoms with Gasteiger partial charge in [-0.15, -0.1) is 0 Å². The molecule has 0 spiro atoms. The number of nitrogens with zero attached hydrogens (tertiary/aromatic N) is 2. The molecule has 0 radical (unpaired) electrons. The average molecular weight is 340 g/mol. The van der Waals surface area contributed by atoms with Crippen molar-refractivity contribution >= 4 is 31.6 Å². The Balaban J connectivity index is 1.66. The first-order valence-corrected chi connectivity index (χ1v) is 9.93. The van der Waals surface area contributed by atoms with E-state index in [1.54, 1.807) is 22.6 Å². The number of benzene rings is 1. The van der Waals surface area contributed by atoms with Crippen LogP contribution in [0.25, 0.3) is 10.2 Å². The SMILES string of the molecule is CCS(=O)(=O)N1CCC(Oc2nc3c(C)cccc3s2)CC1. The molecule has 2 aromatic rings. The number of thiazole rings is 1. The molecule has 2 heterocycles. The van der Waals surface area contributed by atoms with E-state index in [1.165, 1.54) is 0 Å². The zero-order valence-corrected chi connectivity index (χ0v) is 14.4. The summed E-state index contributed by atoms with van der Waals surface area (Å²) in [5, 5.41) is 0.682. The Bertz CT molecular complexity index is 762. The Labute approximate surface area is 135 Å². The number of ether oxygens (including phenoxy) is 1. The largest absolute Gasteiger partial charge is 0.467 e. The predicted octanol–water partition coefficient (Wildman–Crippen LogP) is 2.80. The van der Waals surface area contributed by atoms with E-state index >= 15 is 0 Å². The van der Waals surface area contributed by atoms with Crippen molar-refractivity contribution in [2.75, 3.05) is 18.8 Å². The van der Waals surface area contributed by atoms with E-state index in [4.69, 9.17) is 4.74 Å². The van der Waals surface area contributed by atoms with Gasteiger partial charge in [-0.05, 0) is 38.3 Å². The molecule has 120 valence electrons. The third-order valence-electron chi connectivity index (χ3n) is 4.03. The molecule has 1 aromatic carbocycles. The van der Waals surface area contributed by atoms with Gasteiger partial charge in [-0.1, -0.05) is 23.5 Å². The minimum atomic E-state index is -3.08. The predicted molar refractivity (Wildman–Crippen MR) is 89.0 cm³/mol. The highest BCUT2D eigenvalue weighted by atomic mass is 32.2. The van der Waals surface area contributed by atoms with Gasteiger partial charge in [0, 0.05) is 13.1 Å². The summed E-state index contributed by atoms with van der Waals surface area (Å²) in [6.45, 7) is 4.79. The standard InChI is InChI=1S/C15H20N2O3S2/c1-3-22(18,19)17-9-7-12(8-10-17)20-15-16-14-11(2)5-4-6-13(14)21-15/h4-6,12H,3,7-10H2,1-2H3. The maximum atomic E-state index is 11.8. The first kappa shape index (κ1) is 15.7. The van der Waals surface area contributed by atoms with Gasteiger partial charge < -0.3 is 4.74 Å². The fraction of sp³-hybridized carbons (Fsp3) is 0.533. The molecular formula is C15H20N2O3S2. The highest BCUT2D eigenvalue weighted by Crippen LogP contribution is 2.31. The summed E-state index contributed by atoms with van der Waals surface area (Å²) in [7, 11) is -3.08. The molecule has 0 bridgehead atoms. The van der Waals surface area contributed by atoms with Crippen LogP contribution in [-0.4, -0.2) is 42.7 Å². The lowest BCUT2D eigenvalue weighted by molar-refractivity contribution is 0.135. The molecule has 7 heteroatoms. The lowest BCUT2D eigenvalue weighted by Gasteiger charge is -2.30. The van der Waals surface area contributed by atoms with E-state index in [0.29, 0.717) is 31.1 Å². The Morgan fingerprint density at radius 3 is 2.73 bits per heavy atom. The minimum absolute atomic E-state index is 0.0455. The van der Waals surface area contributed by atoms with Crippen molar-refractivity contribution in [3.63, 3.8) is 0 Å². The van der Waals surface area contributed by atoms with E-state index in [2.05, 4.69) is 4.98 Å². The third kappa shape index (κ3) is 3.11. The molecule has 0 aliphatic carbocycles. The van der Waals surface area contributed by atoms with E-state index in [0.717, 1.165) is 15.8 Å². The summed E-state index contributed by atoms with van der Waals surface area (Å²) < 4.78 is 32.4. The van der Waals surface area contributed by atoms with Crippen molar-refractivity contribution in [3.05, 3.63) is 23.8 Å². The number of fused-ring (bicyclic) bond motifs is 1. The van der Waals surface area contributed by atoms with Crippen LogP contribution in [0.4, 0.5) is 0 Å². The highest BCUT2D eigenvalue weighted by molar-refractivity contribution is 7.89. The quantitative estimate of drug-likeness (QED) is 0.859. The number of hydrogen-bond acceptors (Lipinski definition) is 5. The molecule has 5 nitrogen and oxygen atoms in total. The summed E-state index contributed by atoms with van der Waals surface area (Å²) >= 11 is 1.55. The molecule has 1 aromatic heterocycles. The number of rotatable bonds is 4. The molecule has 0 amide bonds. The van der Waals surface area contributed by atoms with Crippen LogP contribution in [0, 0.1) is 6.92 Å². The van der Waals surface area contributed by atoms with Crippen LogP contribution in [0.15, 0.2) is 18.2 Å². The first-order chi connectivity index (χ1) is 10.5. The van der Waals surface area contributed by atoms with Gasteiger partial charge in [0.1, 0.15) is 6.10 Å². The molecule has 1 aliphatic heterocycles. The fourth-order valence-corrected chi connectivity index (χ4v) is 4.76. The molecular weight excluding hydrogens is 320 g/mol. The van der Waals surface area contributed by atoms with Gasteiger partial charge in [0.05, 0.1) is 16.0 Å². The van der Waals surface area contributed by atoms with E-state index in [-0.39, 0.29) is 11.9 Å². The second-order valence-corrected chi connectivity index (χ2v) is 8.77. The molecule has 22 heavy (non-hydrogen) atoms. The number of sulfonamides is 1. The summed E-state index contributed by atoms with van der Waals surface area (Å²) in [5.41, 5.74) is 2.14. The molecule has 0 saturated carbocycles. The van der Waals surface area contributed by atoms with E-state index < -0.39 is 10.0 Å². The second-order valence-electron chi connectivity index (χ2n) is 5.52. The van der Waals surface area contributed by atoms with Crippen molar-refractivity contribution < 1.29 is 13.2 Å². The Morgan fingerprint density at radius 1 is 1.36 bits per heavy atom. The number of hydrogen-bond donors (Lipinski definition) is 0. The maximum Gasteiger partial charge on any atom is 0.274 e. The number of para-hydroxylation sites is 1. The zero-order valence-electron chi connectivity index (χ0n) is 12.8. The summed E-state index contributed by atoms with van der Waals surface area (Å²) in [6.07, 6.45) is 1.48. The smallest absolute Gasteiger partial charge is 0.274 e. The van der Waals surface area contributed by atoms with Crippen LogP contribution in [0.3, 0.4) is 0 Å². The first-order valence-electron chi connectivity index (χ1n) is 7.50. The van der Waals surface area contributed by atoms with Gasteiger partial charge in [-0.2, -0.15) is 0 Å². The normalized spacial score (nSPS) is 17.9. The molecule has 0 unspecified atom stereocenters. The monoisotopic (exact) mass is 340 g/mol. The molecule has 3 rings (SSSR count). The van der Waals surface area contributed by atoms with Crippen molar-refractivity contribution in [1.29, 1.82) is 0 Å². The topological polar surface area (TPSA) is 59.5 Å². The molecule has 0 atom stereocenters. The van der Waals surface area contributed by atoms with Crippen LogP contribution in [0.1, 0.15) is 25.3 Å². The molecule has 1 fully saturated rings. The zero-order chi connectivity index (χ0) is 15.7. The van der Waals surface area contributed by atoms with Crippen LogP contribution in [-0.2, 0) is 10.0 Å². The van der Waals surface area contributed by atoms with E-state index in [9.17, 15) is 8.42 Å². The van der Waals surface area contributed by atoms with E-state index in [1.807, 2.05) is 25.1 Å². The van der Waals surface area contributed by atoms with Gasteiger partial charge in [0.15, 0.2) is 0 Å². The number of piperidine rings is 1. The van der Waals surface area contributed by atoms with Gasteiger partial charge >= 0.3 is 0 Å². The van der Waals surface area contributed by atoms with Crippen LogP contribution >= 0.6 is 11.3 Å². The Morgan fingerprint density at radius 2 is 2.09 bits per heavy atom. The van der Waals surface area contributed by atoms with Crippen molar-refractivity contribution in [2.45, 2.75) is 32.8 Å². The lowest BCUT2D eigenvalue weighted by atomic mass is 10.1. The number of aryl methyl sites for hydroxylation is 1. The van der Waals surface area contributed by atoms with Crippen molar-refractivity contribution in [3.8, 4) is 5.19 Å². The lowest BCUT2D eigenvalue weighted by Crippen LogP contribution is -2.42. The minimum Gasteiger partial charge on any atom is -0.467 e. The maximum absolute atomic E-state index is 11.8. The second kappa shape index (κ2) is 6.14.